The van der Waals surface area contributed by atoms with Crippen molar-refractivity contribution in [3.63, 3.8) is 0 Å². The number of anilines is 1. The van der Waals surface area contributed by atoms with Gasteiger partial charge in [0.15, 0.2) is 0 Å². The highest BCUT2D eigenvalue weighted by atomic mass is 32.1. The molecule has 0 aliphatic carbocycles. The van der Waals surface area contributed by atoms with Crippen LogP contribution in [0.5, 0.6) is 0 Å². The number of nitrogens with zero attached hydrogens (tertiary/aromatic N) is 2. The molecule has 0 aliphatic rings. The first-order valence-corrected chi connectivity index (χ1v) is 9.65. The van der Waals surface area contributed by atoms with Crippen molar-refractivity contribution in [3.05, 3.63) is 29.5 Å². The summed E-state index contributed by atoms with van der Waals surface area (Å²) >= 11 is 3.20. The topological polar surface area (TPSA) is 76.1 Å². The second kappa shape index (κ2) is 7.90. The Morgan fingerprint density at radius 3 is 2.84 bits per heavy atom. The van der Waals surface area contributed by atoms with E-state index in [0.29, 0.717) is 18.7 Å². The van der Waals surface area contributed by atoms with Crippen LogP contribution in [0.1, 0.15) is 24.2 Å². The van der Waals surface area contributed by atoms with Gasteiger partial charge in [-0.15, -0.1) is 22.7 Å². The molecule has 0 spiro atoms. The van der Waals surface area contributed by atoms with E-state index in [1.54, 1.807) is 36.0 Å². The standard InChI is InChI=1S/C17H20N4O2S2/c1-10(2)21-15-11-6-13(14-8-18-9-24-14)25-17(11)20-7-12(15)16(22)19-4-5-23-3/h6-10H,4-5H2,1-3H3,(H,19,22)(H,20,21). The Kier molecular flexibility index (Phi) is 5.62. The Balaban J connectivity index is 2.03. The van der Waals surface area contributed by atoms with Gasteiger partial charge in [0.05, 0.1) is 28.2 Å². The minimum atomic E-state index is -0.153. The van der Waals surface area contributed by atoms with Gasteiger partial charge in [0.1, 0.15) is 4.83 Å². The number of thiazole rings is 1. The van der Waals surface area contributed by atoms with Gasteiger partial charge in [0.2, 0.25) is 0 Å². The molecule has 0 bridgehead atoms. The quantitative estimate of drug-likeness (QED) is 0.616. The number of carbonyl (C=O) groups is 1. The molecular formula is C17H20N4O2S2. The summed E-state index contributed by atoms with van der Waals surface area (Å²) in [7, 11) is 1.61. The van der Waals surface area contributed by atoms with E-state index in [1.807, 2.05) is 11.7 Å². The van der Waals surface area contributed by atoms with Gasteiger partial charge >= 0.3 is 0 Å². The number of aromatic nitrogens is 2. The lowest BCUT2D eigenvalue weighted by atomic mass is 10.1. The lowest BCUT2D eigenvalue weighted by Gasteiger charge is -2.15. The first-order chi connectivity index (χ1) is 12.1. The Labute approximate surface area is 154 Å². The number of carbonyl (C=O) groups excluding carboxylic acids is 1. The SMILES string of the molecule is COCCNC(=O)c1cnc2sc(-c3cncs3)cc2c1NC(C)C. The summed E-state index contributed by atoms with van der Waals surface area (Å²) in [6.45, 7) is 5.04. The molecule has 132 valence electrons. The van der Waals surface area contributed by atoms with Crippen LogP contribution < -0.4 is 10.6 Å². The van der Waals surface area contributed by atoms with Crippen LogP contribution in [0.25, 0.3) is 20.0 Å². The van der Waals surface area contributed by atoms with Gasteiger partial charge in [-0.3, -0.25) is 9.78 Å². The summed E-state index contributed by atoms with van der Waals surface area (Å²) in [6, 6.07) is 2.28. The minimum Gasteiger partial charge on any atom is -0.383 e. The highest BCUT2D eigenvalue weighted by Crippen LogP contribution is 2.38. The van der Waals surface area contributed by atoms with Gasteiger partial charge < -0.3 is 15.4 Å². The molecule has 1 amide bonds. The maximum absolute atomic E-state index is 12.5. The fourth-order valence-electron chi connectivity index (χ4n) is 2.43. The van der Waals surface area contributed by atoms with Crippen LogP contribution in [-0.2, 0) is 4.74 Å². The van der Waals surface area contributed by atoms with Gasteiger partial charge in [-0.05, 0) is 19.9 Å². The number of methoxy groups -OCH3 is 1. The zero-order chi connectivity index (χ0) is 17.8. The zero-order valence-electron chi connectivity index (χ0n) is 14.3. The summed E-state index contributed by atoms with van der Waals surface area (Å²) < 4.78 is 4.99. The van der Waals surface area contributed by atoms with E-state index in [9.17, 15) is 4.79 Å². The third-order valence-corrected chi connectivity index (χ3v) is 5.52. The number of ether oxygens (including phenoxy) is 1. The van der Waals surface area contributed by atoms with Crippen molar-refractivity contribution in [3.8, 4) is 9.75 Å². The van der Waals surface area contributed by atoms with Crippen LogP contribution in [0.2, 0.25) is 0 Å². The zero-order valence-corrected chi connectivity index (χ0v) is 16.0. The number of hydrogen-bond acceptors (Lipinski definition) is 7. The van der Waals surface area contributed by atoms with Gasteiger partial charge in [-0.25, -0.2) is 4.98 Å². The third kappa shape index (κ3) is 3.97. The van der Waals surface area contributed by atoms with Crippen LogP contribution >= 0.6 is 22.7 Å². The van der Waals surface area contributed by atoms with Crippen molar-refractivity contribution >= 4 is 44.5 Å². The monoisotopic (exact) mass is 376 g/mol. The molecule has 0 unspecified atom stereocenters. The largest absolute Gasteiger partial charge is 0.383 e. The molecule has 0 aliphatic heterocycles. The molecule has 3 aromatic rings. The average molecular weight is 377 g/mol. The summed E-state index contributed by atoms with van der Waals surface area (Å²) in [4.78, 5) is 24.3. The molecule has 0 saturated carbocycles. The van der Waals surface area contributed by atoms with Crippen LogP contribution in [0.3, 0.4) is 0 Å². The van der Waals surface area contributed by atoms with E-state index in [0.717, 1.165) is 25.7 Å². The van der Waals surface area contributed by atoms with Gasteiger partial charge in [-0.1, -0.05) is 0 Å². The first-order valence-electron chi connectivity index (χ1n) is 7.95. The minimum absolute atomic E-state index is 0.153. The summed E-state index contributed by atoms with van der Waals surface area (Å²) in [5.74, 6) is -0.153. The molecule has 6 nitrogen and oxygen atoms in total. The fraction of sp³-hybridized carbons (Fsp3) is 0.353. The van der Waals surface area contributed by atoms with Crippen molar-refractivity contribution < 1.29 is 9.53 Å². The number of pyridine rings is 1. The van der Waals surface area contributed by atoms with E-state index in [4.69, 9.17) is 4.74 Å². The number of hydrogen-bond donors (Lipinski definition) is 2. The van der Waals surface area contributed by atoms with E-state index in [2.05, 4.69) is 40.5 Å². The van der Waals surface area contributed by atoms with E-state index < -0.39 is 0 Å². The Hall–Kier alpha value is -2.03. The Morgan fingerprint density at radius 2 is 2.16 bits per heavy atom. The first kappa shape index (κ1) is 17.8. The van der Waals surface area contributed by atoms with Gasteiger partial charge in [-0.2, -0.15) is 0 Å². The second-order valence-electron chi connectivity index (χ2n) is 5.79. The van der Waals surface area contributed by atoms with Crippen molar-refractivity contribution in [1.29, 1.82) is 0 Å². The highest BCUT2D eigenvalue weighted by Gasteiger charge is 2.18. The highest BCUT2D eigenvalue weighted by molar-refractivity contribution is 7.25. The normalized spacial score (nSPS) is 11.2. The molecule has 3 aromatic heterocycles. The lowest BCUT2D eigenvalue weighted by Crippen LogP contribution is -2.28. The summed E-state index contributed by atoms with van der Waals surface area (Å²) in [5.41, 5.74) is 3.18. The molecule has 0 atom stereocenters. The molecule has 0 saturated heterocycles. The number of rotatable bonds is 7. The molecule has 0 radical (unpaired) electrons. The smallest absolute Gasteiger partial charge is 0.255 e. The number of thiophene rings is 1. The Bertz CT molecular complexity index is 859. The molecule has 3 rings (SSSR count). The van der Waals surface area contributed by atoms with E-state index >= 15 is 0 Å². The number of fused-ring (bicyclic) bond motifs is 1. The molecule has 3 heterocycles. The lowest BCUT2D eigenvalue weighted by molar-refractivity contribution is 0.0937. The van der Waals surface area contributed by atoms with Crippen molar-refractivity contribution in [1.82, 2.24) is 15.3 Å². The van der Waals surface area contributed by atoms with Gasteiger partial charge in [0.25, 0.3) is 5.91 Å². The number of amides is 1. The van der Waals surface area contributed by atoms with E-state index in [-0.39, 0.29) is 11.9 Å². The van der Waals surface area contributed by atoms with Crippen LogP contribution in [0.4, 0.5) is 5.69 Å². The molecule has 0 fully saturated rings. The van der Waals surface area contributed by atoms with Gasteiger partial charge in [0, 0.05) is 42.4 Å². The predicted molar refractivity (Wildman–Crippen MR) is 104 cm³/mol. The van der Waals surface area contributed by atoms with Crippen molar-refractivity contribution in [2.24, 2.45) is 0 Å². The third-order valence-electron chi connectivity index (χ3n) is 3.51. The summed E-state index contributed by atoms with van der Waals surface area (Å²) in [6.07, 6.45) is 3.49. The fourth-order valence-corrected chi connectivity index (χ4v) is 4.14. The van der Waals surface area contributed by atoms with Crippen molar-refractivity contribution in [2.45, 2.75) is 19.9 Å². The molecule has 8 heteroatoms. The van der Waals surface area contributed by atoms with Crippen LogP contribution in [-0.4, -0.2) is 42.2 Å². The second-order valence-corrected chi connectivity index (χ2v) is 7.71. The molecule has 2 N–H and O–H groups in total. The van der Waals surface area contributed by atoms with Crippen LogP contribution in [0, 0.1) is 0 Å². The maximum Gasteiger partial charge on any atom is 0.255 e. The maximum atomic E-state index is 12.5. The van der Waals surface area contributed by atoms with E-state index in [1.165, 1.54) is 0 Å². The average Bonchev–Trinajstić information content (AvgIpc) is 3.24. The Morgan fingerprint density at radius 1 is 1.32 bits per heavy atom. The van der Waals surface area contributed by atoms with Crippen LogP contribution in [0.15, 0.2) is 24.0 Å². The molecular weight excluding hydrogens is 356 g/mol. The summed E-state index contributed by atoms with van der Waals surface area (Å²) in [5, 5.41) is 7.23. The predicted octanol–water partition coefficient (Wildman–Crippen LogP) is 3.62. The van der Waals surface area contributed by atoms with Crippen molar-refractivity contribution in [2.75, 3.05) is 25.6 Å². The number of nitrogens with one attached hydrogen (secondary N) is 2. The molecule has 0 aromatic carbocycles. The molecule has 25 heavy (non-hydrogen) atoms.